The Kier molecular flexibility index (Phi) is 4.93. The molecule has 0 bridgehead atoms. The maximum atomic E-state index is 13.4. The molecule has 0 N–H and O–H groups in total. The van der Waals surface area contributed by atoms with Crippen molar-refractivity contribution in [3.05, 3.63) is 63.3 Å². The predicted molar refractivity (Wildman–Crippen MR) is 107 cm³/mol. The molecule has 146 valence electrons. The maximum absolute atomic E-state index is 13.4. The summed E-state index contributed by atoms with van der Waals surface area (Å²) in [7, 11) is 0. The molecule has 2 fully saturated rings. The topological polar surface area (TPSA) is 79.6 Å². The zero-order valence-electron chi connectivity index (χ0n) is 15.4. The van der Waals surface area contributed by atoms with Crippen LogP contribution >= 0.6 is 11.6 Å². The van der Waals surface area contributed by atoms with E-state index in [1.807, 2.05) is 29.2 Å². The summed E-state index contributed by atoms with van der Waals surface area (Å²) in [6.07, 6.45) is 4.03. The molecule has 1 saturated heterocycles. The van der Waals surface area contributed by atoms with Crippen molar-refractivity contribution in [2.24, 2.45) is 0 Å². The van der Waals surface area contributed by atoms with E-state index < -0.39 is 10.3 Å². The normalized spacial score (nSPS) is 18.5. The Labute approximate surface area is 168 Å². The molecule has 2 heterocycles. The third kappa shape index (κ3) is 3.30. The Morgan fingerprint density at radius 2 is 1.89 bits per heavy atom. The molecule has 0 spiro atoms. The van der Waals surface area contributed by atoms with Gasteiger partial charge in [0.05, 0.1) is 10.3 Å². The lowest BCUT2D eigenvalue weighted by molar-refractivity contribution is -0.385. The Bertz CT molecular complexity index is 891. The van der Waals surface area contributed by atoms with Gasteiger partial charge in [-0.05, 0) is 36.6 Å². The first-order chi connectivity index (χ1) is 13.5. The van der Waals surface area contributed by atoms with Crippen molar-refractivity contribution in [3.8, 4) is 0 Å². The summed E-state index contributed by atoms with van der Waals surface area (Å²) < 4.78 is 0. The largest absolute Gasteiger partial charge is 0.353 e. The highest BCUT2D eigenvalue weighted by molar-refractivity contribution is 6.30. The van der Waals surface area contributed by atoms with Crippen LogP contribution in [0.3, 0.4) is 0 Å². The number of hydrogen-bond acceptors (Lipinski definition) is 5. The highest BCUT2D eigenvalue weighted by Gasteiger charge is 2.48. The van der Waals surface area contributed by atoms with Gasteiger partial charge in [-0.2, -0.15) is 0 Å². The standard InChI is InChI=1S/C20H21ClN4O3/c21-16-4-1-3-15(13-16)20(7-2-8-20)19(26)24-11-9-23(10-12-24)18-6-5-17(14-22-18)25(27)28/h1,3-6,13-14H,2,7-12H2. The molecule has 7 nitrogen and oxygen atoms in total. The Balaban J connectivity index is 1.44. The average molecular weight is 401 g/mol. The molecule has 8 heteroatoms. The molecule has 28 heavy (non-hydrogen) atoms. The lowest BCUT2D eigenvalue weighted by Gasteiger charge is -2.46. The van der Waals surface area contributed by atoms with Crippen LogP contribution in [-0.2, 0) is 10.2 Å². The first-order valence-corrected chi connectivity index (χ1v) is 9.78. The lowest BCUT2D eigenvalue weighted by atomic mass is 9.63. The fraction of sp³-hybridized carbons (Fsp3) is 0.400. The second-order valence-corrected chi connectivity index (χ2v) is 7.79. The van der Waals surface area contributed by atoms with E-state index >= 15 is 0 Å². The molecule has 1 amide bonds. The average Bonchev–Trinajstić information content (AvgIpc) is 2.67. The number of aromatic nitrogens is 1. The highest BCUT2D eigenvalue weighted by atomic mass is 35.5. The van der Waals surface area contributed by atoms with Crippen molar-refractivity contribution in [1.82, 2.24) is 9.88 Å². The number of carbonyl (C=O) groups excluding carboxylic acids is 1. The van der Waals surface area contributed by atoms with E-state index in [0.717, 1.165) is 24.8 Å². The molecule has 2 aromatic rings. The smallest absolute Gasteiger partial charge is 0.287 e. The quantitative estimate of drug-likeness (QED) is 0.580. The number of nitrogens with zero attached hydrogens (tertiary/aromatic N) is 4. The Hall–Kier alpha value is -2.67. The Morgan fingerprint density at radius 3 is 2.43 bits per heavy atom. The number of halogens is 1. The van der Waals surface area contributed by atoms with Gasteiger partial charge in [0.1, 0.15) is 12.0 Å². The minimum absolute atomic E-state index is 0.0222. The molecular formula is C20H21ClN4O3. The number of nitro groups is 1. The molecule has 1 aliphatic heterocycles. The van der Waals surface area contributed by atoms with Crippen molar-refractivity contribution in [3.63, 3.8) is 0 Å². The van der Waals surface area contributed by atoms with Crippen molar-refractivity contribution < 1.29 is 9.72 Å². The number of hydrogen-bond donors (Lipinski definition) is 0. The number of benzene rings is 1. The van der Waals surface area contributed by atoms with Gasteiger partial charge in [-0.25, -0.2) is 4.98 Å². The number of carbonyl (C=O) groups is 1. The van der Waals surface area contributed by atoms with Gasteiger partial charge >= 0.3 is 0 Å². The van der Waals surface area contributed by atoms with E-state index in [1.165, 1.54) is 12.3 Å². The minimum atomic E-state index is -0.457. The highest BCUT2D eigenvalue weighted by Crippen LogP contribution is 2.45. The van der Waals surface area contributed by atoms with Crippen LogP contribution in [0.1, 0.15) is 24.8 Å². The summed E-state index contributed by atoms with van der Waals surface area (Å²) in [5.74, 6) is 0.878. The summed E-state index contributed by atoms with van der Waals surface area (Å²) in [5, 5.41) is 11.4. The van der Waals surface area contributed by atoms with Crippen LogP contribution in [0.25, 0.3) is 0 Å². The summed E-state index contributed by atoms with van der Waals surface area (Å²) in [6.45, 7) is 2.53. The molecule has 0 atom stereocenters. The van der Waals surface area contributed by atoms with E-state index in [0.29, 0.717) is 37.0 Å². The summed E-state index contributed by atoms with van der Waals surface area (Å²) >= 11 is 6.16. The zero-order chi connectivity index (χ0) is 19.7. The van der Waals surface area contributed by atoms with Crippen molar-refractivity contribution in [1.29, 1.82) is 0 Å². The van der Waals surface area contributed by atoms with Crippen molar-refractivity contribution in [2.45, 2.75) is 24.7 Å². The van der Waals surface area contributed by atoms with Gasteiger partial charge in [0.2, 0.25) is 5.91 Å². The van der Waals surface area contributed by atoms with Crippen molar-refractivity contribution >= 4 is 29.0 Å². The van der Waals surface area contributed by atoms with Crippen LogP contribution in [0.4, 0.5) is 11.5 Å². The van der Waals surface area contributed by atoms with Gasteiger partial charge in [0.25, 0.3) is 5.69 Å². The van der Waals surface area contributed by atoms with E-state index in [-0.39, 0.29) is 11.6 Å². The fourth-order valence-corrected chi connectivity index (χ4v) is 4.25. The van der Waals surface area contributed by atoms with E-state index in [2.05, 4.69) is 9.88 Å². The van der Waals surface area contributed by atoms with Crippen LogP contribution in [0.2, 0.25) is 5.02 Å². The van der Waals surface area contributed by atoms with Gasteiger partial charge in [0.15, 0.2) is 0 Å². The van der Waals surface area contributed by atoms with E-state index in [4.69, 9.17) is 11.6 Å². The SMILES string of the molecule is O=C(N1CCN(c2ccc([N+](=O)[O-])cn2)CC1)C1(c2cccc(Cl)c2)CCC1. The number of pyridine rings is 1. The number of anilines is 1. The number of amides is 1. The third-order valence-electron chi connectivity index (χ3n) is 5.83. The molecule has 0 unspecified atom stereocenters. The van der Waals surface area contributed by atoms with Gasteiger partial charge in [-0.1, -0.05) is 30.2 Å². The third-order valence-corrected chi connectivity index (χ3v) is 6.06. The van der Waals surface area contributed by atoms with Gasteiger partial charge in [-0.15, -0.1) is 0 Å². The van der Waals surface area contributed by atoms with Gasteiger partial charge in [0, 0.05) is 37.3 Å². The van der Waals surface area contributed by atoms with Crippen LogP contribution in [-0.4, -0.2) is 46.9 Å². The molecule has 0 radical (unpaired) electrons. The van der Waals surface area contributed by atoms with Gasteiger partial charge in [-0.3, -0.25) is 14.9 Å². The first kappa shape index (κ1) is 18.7. The monoisotopic (exact) mass is 400 g/mol. The predicted octanol–water partition coefficient (Wildman–Crippen LogP) is 3.41. The number of piperazine rings is 1. The molecular weight excluding hydrogens is 380 g/mol. The van der Waals surface area contributed by atoms with Crippen LogP contribution in [0.5, 0.6) is 0 Å². The molecule has 1 aromatic carbocycles. The zero-order valence-corrected chi connectivity index (χ0v) is 16.1. The first-order valence-electron chi connectivity index (χ1n) is 9.40. The van der Waals surface area contributed by atoms with Crippen molar-refractivity contribution in [2.75, 3.05) is 31.1 Å². The summed E-state index contributed by atoms with van der Waals surface area (Å²) in [6, 6.07) is 10.8. The summed E-state index contributed by atoms with van der Waals surface area (Å²) in [4.78, 5) is 31.8. The molecule has 1 aliphatic carbocycles. The molecule has 2 aliphatic rings. The molecule has 1 saturated carbocycles. The van der Waals surface area contributed by atoms with E-state index in [9.17, 15) is 14.9 Å². The molecule has 4 rings (SSSR count). The maximum Gasteiger partial charge on any atom is 0.287 e. The van der Waals surface area contributed by atoms with Crippen LogP contribution < -0.4 is 4.90 Å². The molecule has 1 aromatic heterocycles. The van der Waals surface area contributed by atoms with Crippen LogP contribution in [0.15, 0.2) is 42.6 Å². The van der Waals surface area contributed by atoms with Gasteiger partial charge < -0.3 is 9.80 Å². The number of rotatable bonds is 4. The summed E-state index contributed by atoms with van der Waals surface area (Å²) in [5.41, 5.74) is 0.542. The Morgan fingerprint density at radius 1 is 1.14 bits per heavy atom. The second-order valence-electron chi connectivity index (χ2n) is 7.36. The lowest BCUT2D eigenvalue weighted by Crippen LogP contribution is -2.56. The minimum Gasteiger partial charge on any atom is -0.353 e. The van der Waals surface area contributed by atoms with Crippen LogP contribution in [0, 0.1) is 10.1 Å². The second kappa shape index (κ2) is 7.39. The van der Waals surface area contributed by atoms with E-state index in [1.54, 1.807) is 6.07 Å². The fourth-order valence-electron chi connectivity index (χ4n) is 4.06.